The maximum Gasteiger partial charge on any atom is 0.174 e. The average molecular weight is 280 g/mol. The second-order valence-electron chi connectivity index (χ2n) is 4.91. The molecule has 0 aliphatic rings. The minimum Gasteiger partial charge on any atom is -0.479 e. The maximum absolute atomic E-state index is 8.55. The van der Waals surface area contributed by atoms with Crippen molar-refractivity contribution in [3.63, 3.8) is 0 Å². The van der Waals surface area contributed by atoms with E-state index in [9.17, 15) is 0 Å². The number of hydrogen-bond donors (Lipinski definition) is 1. The molecule has 0 aromatic heterocycles. The summed E-state index contributed by atoms with van der Waals surface area (Å²) in [6.07, 6.45) is 1.01. The first-order valence-corrected chi connectivity index (χ1v) is 7.15. The van der Waals surface area contributed by atoms with Crippen molar-refractivity contribution in [2.75, 3.05) is 11.9 Å². The van der Waals surface area contributed by atoms with Crippen LogP contribution in [-0.2, 0) is 13.0 Å². The topological polar surface area (TPSA) is 45.0 Å². The molecule has 0 unspecified atom stereocenters. The molecule has 0 aliphatic carbocycles. The number of ether oxygens (including phenoxy) is 1. The molecule has 0 heterocycles. The van der Waals surface area contributed by atoms with Gasteiger partial charge in [0.05, 0.1) is 0 Å². The van der Waals surface area contributed by atoms with E-state index in [1.54, 1.807) is 0 Å². The highest BCUT2D eigenvalue weighted by atomic mass is 16.5. The summed E-state index contributed by atoms with van der Waals surface area (Å²) in [6, 6.07) is 16.2. The Morgan fingerprint density at radius 1 is 1.19 bits per heavy atom. The molecule has 21 heavy (non-hydrogen) atoms. The van der Waals surface area contributed by atoms with E-state index in [4.69, 9.17) is 10.00 Å². The highest BCUT2D eigenvalue weighted by Crippen LogP contribution is 2.22. The monoisotopic (exact) mass is 280 g/mol. The van der Waals surface area contributed by atoms with Gasteiger partial charge in [-0.05, 0) is 42.2 Å². The zero-order chi connectivity index (χ0) is 15.1. The quantitative estimate of drug-likeness (QED) is 0.867. The Bertz CT molecular complexity index is 644. The van der Waals surface area contributed by atoms with Crippen LogP contribution in [0.3, 0.4) is 0 Å². The fraction of sp³-hybridized carbons (Fsp3) is 0.278. The summed E-state index contributed by atoms with van der Waals surface area (Å²) < 4.78 is 5.33. The maximum atomic E-state index is 8.55. The van der Waals surface area contributed by atoms with Crippen molar-refractivity contribution in [3.05, 3.63) is 59.2 Å². The summed E-state index contributed by atoms with van der Waals surface area (Å²) in [4.78, 5) is 0. The summed E-state index contributed by atoms with van der Waals surface area (Å²) >= 11 is 0. The molecular weight excluding hydrogens is 260 g/mol. The lowest BCUT2D eigenvalue weighted by Gasteiger charge is -2.14. The lowest BCUT2D eigenvalue weighted by molar-refractivity contribution is 0.368. The summed E-state index contributed by atoms with van der Waals surface area (Å²) in [5, 5.41) is 12.1. The van der Waals surface area contributed by atoms with Gasteiger partial charge in [0.25, 0.3) is 0 Å². The van der Waals surface area contributed by atoms with Gasteiger partial charge in [0.2, 0.25) is 0 Å². The first-order valence-electron chi connectivity index (χ1n) is 7.15. The molecule has 0 amide bonds. The Hall–Kier alpha value is -2.47. The van der Waals surface area contributed by atoms with E-state index in [-0.39, 0.29) is 6.61 Å². The van der Waals surface area contributed by atoms with Crippen molar-refractivity contribution in [2.45, 2.75) is 26.8 Å². The molecule has 2 rings (SSSR count). The SMILES string of the molecule is CCc1cccc(C)c1NCc1cccc(OCC#N)c1. The molecule has 1 N–H and O–H groups in total. The molecule has 0 bridgehead atoms. The van der Waals surface area contributed by atoms with Crippen LogP contribution in [0.5, 0.6) is 5.75 Å². The Labute approximate surface area is 126 Å². The third kappa shape index (κ3) is 4.00. The van der Waals surface area contributed by atoms with Gasteiger partial charge in [-0.25, -0.2) is 0 Å². The van der Waals surface area contributed by atoms with Crippen LogP contribution in [0, 0.1) is 18.3 Å². The number of hydrogen-bond acceptors (Lipinski definition) is 3. The van der Waals surface area contributed by atoms with E-state index in [1.165, 1.54) is 16.8 Å². The Morgan fingerprint density at radius 2 is 2.00 bits per heavy atom. The summed E-state index contributed by atoms with van der Waals surface area (Å²) in [5.41, 5.74) is 4.93. The van der Waals surface area contributed by atoms with E-state index < -0.39 is 0 Å². The van der Waals surface area contributed by atoms with E-state index in [0.29, 0.717) is 0 Å². The van der Waals surface area contributed by atoms with Gasteiger partial charge in [-0.1, -0.05) is 37.3 Å². The highest BCUT2D eigenvalue weighted by molar-refractivity contribution is 5.57. The minimum atomic E-state index is 0.0780. The normalized spacial score (nSPS) is 9.95. The van der Waals surface area contributed by atoms with Crippen LogP contribution in [0.15, 0.2) is 42.5 Å². The molecule has 0 aliphatic heterocycles. The molecule has 0 fully saturated rings. The first-order chi connectivity index (χ1) is 10.2. The number of aryl methyl sites for hydroxylation is 2. The average Bonchev–Trinajstić information content (AvgIpc) is 2.52. The van der Waals surface area contributed by atoms with E-state index >= 15 is 0 Å². The van der Waals surface area contributed by atoms with Crippen LogP contribution >= 0.6 is 0 Å². The van der Waals surface area contributed by atoms with Gasteiger partial charge in [-0.3, -0.25) is 0 Å². The molecule has 0 atom stereocenters. The third-order valence-electron chi connectivity index (χ3n) is 3.41. The Kier molecular flexibility index (Phi) is 5.22. The standard InChI is InChI=1S/C18H20N2O/c1-3-16-8-4-6-14(2)18(16)20-13-15-7-5-9-17(12-15)21-11-10-19/h4-9,12,20H,3,11,13H2,1-2H3. The van der Waals surface area contributed by atoms with E-state index in [0.717, 1.165) is 24.3 Å². The number of benzene rings is 2. The van der Waals surface area contributed by atoms with Crippen LogP contribution in [0.4, 0.5) is 5.69 Å². The molecule has 0 radical (unpaired) electrons. The van der Waals surface area contributed by atoms with Gasteiger partial charge in [0.15, 0.2) is 6.61 Å². The summed E-state index contributed by atoms with van der Waals surface area (Å²) in [5.74, 6) is 0.733. The van der Waals surface area contributed by atoms with Crippen LogP contribution in [0.2, 0.25) is 0 Å². The number of nitrogens with one attached hydrogen (secondary N) is 1. The van der Waals surface area contributed by atoms with Gasteiger partial charge >= 0.3 is 0 Å². The molecule has 0 saturated carbocycles. The smallest absolute Gasteiger partial charge is 0.174 e. The number of nitrogens with zero attached hydrogens (tertiary/aromatic N) is 1. The zero-order valence-electron chi connectivity index (χ0n) is 12.5. The van der Waals surface area contributed by atoms with Gasteiger partial charge in [0, 0.05) is 12.2 Å². The number of para-hydroxylation sites is 1. The van der Waals surface area contributed by atoms with Crippen molar-refractivity contribution in [1.82, 2.24) is 0 Å². The summed E-state index contributed by atoms with van der Waals surface area (Å²) in [7, 11) is 0. The number of anilines is 1. The molecule has 3 nitrogen and oxygen atoms in total. The predicted molar refractivity (Wildman–Crippen MR) is 85.4 cm³/mol. The van der Waals surface area contributed by atoms with Crippen molar-refractivity contribution < 1.29 is 4.74 Å². The fourth-order valence-corrected chi connectivity index (χ4v) is 2.33. The van der Waals surface area contributed by atoms with Gasteiger partial charge < -0.3 is 10.1 Å². The molecule has 3 heteroatoms. The van der Waals surface area contributed by atoms with Gasteiger partial charge in [0.1, 0.15) is 11.8 Å². The first kappa shape index (κ1) is 14.9. The van der Waals surface area contributed by atoms with Gasteiger partial charge in [-0.2, -0.15) is 5.26 Å². The van der Waals surface area contributed by atoms with Crippen molar-refractivity contribution >= 4 is 5.69 Å². The minimum absolute atomic E-state index is 0.0780. The lowest BCUT2D eigenvalue weighted by atomic mass is 10.1. The highest BCUT2D eigenvalue weighted by Gasteiger charge is 2.04. The summed E-state index contributed by atoms with van der Waals surface area (Å²) in [6.45, 7) is 5.10. The second-order valence-corrected chi connectivity index (χ2v) is 4.91. The molecule has 2 aromatic rings. The van der Waals surface area contributed by atoms with Crippen LogP contribution < -0.4 is 10.1 Å². The van der Waals surface area contributed by atoms with Crippen molar-refractivity contribution in [3.8, 4) is 11.8 Å². The van der Waals surface area contributed by atoms with Crippen LogP contribution in [-0.4, -0.2) is 6.61 Å². The molecule has 0 saturated heterocycles. The fourth-order valence-electron chi connectivity index (χ4n) is 2.33. The van der Waals surface area contributed by atoms with Crippen LogP contribution in [0.1, 0.15) is 23.6 Å². The number of nitriles is 1. The molecule has 2 aromatic carbocycles. The second kappa shape index (κ2) is 7.35. The zero-order valence-corrected chi connectivity index (χ0v) is 12.5. The van der Waals surface area contributed by atoms with Crippen molar-refractivity contribution in [2.24, 2.45) is 0 Å². The Balaban J connectivity index is 2.08. The molecule has 0 spiro atoms. The van der Waals surface area contributed by atoms with Gasteiger partial charge in [-0.15, -0.1) is 0 Å². The predicted octanol–water partition coefficient (Wildman–Crippen LogP) is 4.07. The Morgan fingerprint density at radius 3 is 2.76 bits per heavy atom. The lowest BCUT2D eigenvalue weighted by Crippen LogP contribution is -2.04. The molecular formula is C18H20N2O. The van der Waals surface area contributed by atoms with Crippen molar-refractivity contribution in [1.29, 1.82) is 5.26 Å². The third-order valence-corrected chi connectivity index (χ3v) is 3.41. The van der Waals surface area contributed by atoms with E-state index in [2.05, 4.69) is 43.4 Å². The van der Waals surface area contributed by atoms with Crippen LogP contribution in [0.25, 0.3) is 0 Å². The molecule has 108 valence electrons. The largest absolute Gasteiger partial charge is 0.479 e. The number of rotatable bonds is 6. The van der Waals surface area contributed by atoms with E-state index in [1.807, 2.05) is 24.3 Å².